The highest BCUT2D eigenvalue weighted by Crippen LogP contribution is 2.22. The lowest BCUT2D eigenvalue weighted by atomic mass is 10.2. The molecular formula is C17H18N6OS. The molecule has 2 amide bonds. The number of benzene rings is 1. The van der Waals surface area contributed by atoms with Gasteiger partial charge in [-0.15, -0.1) is 11.3 Å². The number of fused-ring (bicyclic) bond motifs is 1. The molecule has 0 spiro atoms. The fourth-order valence-electron chi connectivity index (χ4n) is 2.92. The zero-order chi connectivity index (χ0) is 17.2. The second-order valence-electron chi connectivity index (χ2n) is 5.95. The molecule has 3 aromatic rings. The molecule has 1 aliphatic rings. The molecule has 1 aliphatic heterocycles. The van der Waals surface area contributed by atoms with Gasteiger partial charge in [-0.05, 0) is 25.1 Å². The number of rotatable bonds is 2. The van der Waals surface area contributed by atoms with Crippen molar-refractivity contribution >= 4 is 39.1 Å². The molecule has 1 saturated heterocycles. The van der Waals surface area contributed by atoms with Gasteiger partial charge in [0, 0.05) is 54.5 Å². The van der Waals surface area contributed by atoms with Gasteiger partial charge in [-0.1, -0.05) is 0 Å². The number of urea groups is 1. The first-order valence-corrected chi connectivity index (χ1v) is 8.94. The Hall–Kier alpha value is -2.74. The predicted molar refractivity (Wildman–Crippen MR) is 99.2 cm³/mol. The number of piperazine rings is 1. The maximum Gasteiger partial charge on any atom is 0.323 e. The average molecular weight is 354 g/mol. The maximum atomic E-state index is 12.3. The summed E-state index contributed by atoms with van der Waals surface area (Å²) in [7, 11) is 0. The number of hydrogen-bond donors (Lipinski definition) is 1. The minimum atomic E-state index is -0.0825. The Morgan fingerprint density at radius 3 is 2.76 bits per heavy atom. The Morgan fingerprint density at radius 1 is 1.16 bits per heavy atom. The predicted octanol–water partition coefficient (Wildman–Crippen LogP) is 2.75. The van der Waals surface area contributed by atoms with Crippen molar-refractivity contribution in [3.63, 3.8) is 0 Å². The Morgan fingerprint density at radius 2 is 2.00 bits per heavy atom. The van der Waals surface area contributed by atoms with Crippen molar-refractivity contribution in [3.8, 4) is 0 Å². The molecule has 1 aromatic carbocycles. The van der Waals surface area contributed by atoms with E-state index in [2.05, 4.69) is 37.3 Å². The van der Waals surface area contributed by atoms with E-state index in [1.807, 2.05) is 24.1 Å². The van der Waals surface area contributed by atoms with Crippen LogP contribution in [0.3, 0.4) is 0 Å². The molecule has 4 rings (SSSR count). The number of thiazole rings is 1. The van der Waals surface area contributed by atoms with Crippen molar-refractivity contribution in [2.75, 3.05) is 36.4 Å². The monoisotopic (exact) mass is 354 g/mol. The fourth-order valence-corrected chi connectivity index (χ4v) is 3.57. The molecule has 1 fully saturated rings. The lowest BCUT2D eigenvalue weighted by molar-refractivity contribution is 0.208. The van der Waals surface area contributed by atoms with Gasteiger partial charge in [0.1, 0.15) is 6.33 Å². The third-order valence-corrected chi connectivity index (χ3v) is 5.08. The highest BCUT2D eigenvalue weighted by molar-refractivity contribution is 7.15. The SMILES string of the molecule is Cc1cnc(NC(=O)N2CCN(c3ccc4ncncc4c3)CC2)s1. The first-order valence-electron chi connectivity index (χ1n) is 8.12. The number of nitrogens with zero attached hydrogens (tertiary/aromatic N) is 5. The molecule has 0 bridgehead atoms. The Balaban J connectivity index is 1.39. The van der Waals surface area contributed by atoms with E-state index in [0.29, 0.717) is 18.2 Å². The number of hydrogen-bond acceptors (Lipinski definition) is 6. The summed E-state index contributed by atoms with van der Waals surface area (Å²) >= 11 is 1.49. The molecule has 25 heavy (non-hydrogen) atoms. The molecule has 8 heteroatoms. The van der Waals surface area contributed by atoms with Gasteiger partial charge in [0.05, 0.1) is 5.52 Å². The van der Waals surface area contributed by atoms with E-state index in [0.717, 1.165) is 34.6 Å². The van der Waals surface area contributed by atoms with E-state index in [1.165, 1.54) is 11.3 Å². The van der Waals surface area contributed by atoms with E-state index in [-0.39, 0.29) is 6.03 Å². The molecule has 0 unspecified atom stereocenters. The lowest BCUT2D eigenvalue weighted by Gasteiger charge is -2.36. The Labute approximate surface area is 149 Å². The summed E-state index contributed by atoms with van der Waals surface area (Å²) in [6.45, 7) is 4.92. The summed E-state index contributed by atoms with van der Waals surface area (Å²) in [5.41, 5.74) is 2.08. The van der Waals surface area contributed by atoms with Gasteiger partial charge in [0.15, 0.2) is 5.13 Å². The summed E-state index contributed by atoms with van der Waals surface area (Å²) in [4.78, 5) is 30.0. The zero-order valence-electron chi connectivity index (χ0n) is 13.8. The molecule has 3 heterocycles. The third kappa shape index (κ3) is 3.39. The maximum absolute atomic E-state index is 12.3. The number of nitrogens with one attached hydrogen (secondary N) is 1. The number of anilines is 2. The molecule has 2 aromatic heterocycles. The number of aryl methyl sites for hydroxylation is 1. The third-order valence-electron chi connectivity index (χ3n) is 4.26. The highest BCUT2D eigenvalue weighted by Gasteiger charge is 2.22. The van der Waals surface area contributed by atoms with Crippen LogP contribution in [-0.4, -0.2) is 52.1 Å². The molecule has 1 N–H and O–H groups in total. The van der Waals surface area contributed by atoms with Crippen molar-refractivity contribution in [3.05, 3.63) is 41.8 Å². The number of carbonyl (C=O) groups excluding carboxylic acids is 1. The van der Waals surface area contributed by atoms with Crippen LogP contribution < -0.4 is 10.2 Å². The summed E-state index contributed by atoms with van der Waals surface area (Å²) in [5.74, 6) is 0. The number of carbonyl (C=O) groups is 1. The first-order chi connectivity index (χ1) is 12.2. The quantitative estimate of drug-likeness (QED) is 0.766. The van der Waals surface area contributed by atoms with Crippen LogP contribution in [0.4, 0.5) is 15.6 Å². The van der Waals surface area contributed by atoms with Crippen LogP contribution in [0.2, 0.25) is 0 Å². The van der Waals surface area contributed by atoms with Crippen molar-refractivity contribution in [1.82, 2.24) is 19.9 Å². The Kier molecular flexibility index (Phi) is 4.19. The fraction of sp³-hybridized carbons (Fsp3) is 0.294. The van der Waals surface area contributed by atoms with Crippen molar-refractivity contribution in [2.45, 2.75) is 6.92 Å². The van der Waals surface area contributed by atoms with E-state index in [9.17, 15) is 4.79 Å². The molecule has 7 nitrogen and oxygen atoms in total. The van der Waals surface area contributed by atoms with E-state index in [1.54, 1.807) is 12.5 Å². The van der Waals surface area contributed by atoms with Gasteiger partial charge in [-0.3, -0.25) is 5.32 Å². The number of aromatic nitrogens is 3. The van der Waals surface area contributed by atoms with E-state index < -0.39 is 0 Å². The van der Waals surface area contributed by atoms with Gasteiger partial charge in [0.2, 0.25) is 0 Å². The van der Waals surface area contributed by atoms with E-state index in [4.69, 9.17) is 0 Å². The standard InChI is InChI=1S/C17H18N6OS/c1-12-9-19-16(25-12)21-17(24)23-6-4-22(5-7-23)14-2-3-15-13(8-14)10-18-11-20-15/h2-3,8-11H,4-7H2,1H3,(H,19,21,24). The second-order valence-corrected chi connectivity index (χ2v) is 7.18. The van der Waals surface area contributed by atoms with Crippen molar-refractivity contribution < 1.29 is 4.79 Å². The van der Waals surface area contributed by atoms with Crippen molar-refractivity contribution in [2.24, 2.45) is 0 Å². The summed E-state index contributed by atoms with van der Waals surface area (Å²) < 4.78 is 0. The van der Waals surface area contributed by atoms with Crippen LogP contribution in [0.25, 0.3) is 10.9 Å². The van der Waals surface area contributed by atoms with Crippen LogP contribution in [0, 0.1) is 6.92 Å². The average Bonchev–Trinajstić information content (AvgIpc) is 3.06. The molecule has 0 radical (unpaired) electrons. The summed E-state index contributed by atoms with van der Waals surface area (Å²) in [6, 6.07) is 6.10. The molecule has 0 atom stereocenters. The van der Waals surface area contributed by atoms with Crippen molar-refractivity contribution in [1.29, 1.82) is 0 Å². The zero-order valence-corrected chi connectivity index (χ0v) is 14.7. The Bertz CT molecular complexity index is 903. The highest BCUT2D eigenvalue weighted by atomic mass is 32.1. The molecule has 128 valence electrons. The minimum Gasteiger partial charge on any atom is -0.368 e. The van der Waals surface area contributed by atoms with Crippen LogP contribution in [0.5, 0.6) is 0 Å². The van der Waals surface area contributed by atoms with Gasteiger partial charge in [-0.2, -0.15) is 0 Å². The summed E-state index contributed by atoms with van der Waals surface area (Å²) in [6.07, 6.45) is 5.15. The van der Waals surface area contributed by atoms with Crippen LogP contribution in [0.1, 0.15) is 4.88 Å². The van der Waals surface area contributed by atoms with E-state index >= 15 is 0 Å². The molecule has 0 saturated carbocycles. The largest absolute Gasteiger partial charge is 0.368 e. The van der Waals surface area contributed by atoms with Gasteiger partial charge < -0.3 is 9.80 Å². The number of amides is 2. The smallest absolute Gasteiger partial charge is 0.323 e. The van der Waals surface area contributed by atoms with Crippen LogP contribution >= 0.6 is 11.3 Å². The lowest BCUT2D eigenvalue weighted by Crippen LogP contribution is -2.50. The molecular weight excluding hydrogens is 336 g/mol. The summed E-state index contributed by atoms with van der Waals surface area (Å²) in [5, 5.41) is 4.55. The van der Waals surface area contributed by atoms with Gasteiger partial charge in [0.25, 0.3) is 0 Å². The van der Waals surface area contributed by atoms with Crippen LogP contribution in [-0.2, 0) is 0 Å². The molecule has 0 aliphatic carbocycles. The van der Waals surface area contributed by atoms with Gasteiger partial charge >= 0.3 is 6.03 Å². The second kappa shape index (κ2) is 6.64. The minimum absolute atomic E-state index is 0.0825. The normalized spacial score (nSPS) is 14.8. The van der Waals surface area contributed by atoms with Crippen LogP contribution in [0.15, 0.2) is 36.9 Å². The van der Waals surface area contributed by atoms with Gasteiger partial charge in [-0.25, -0.2) is 19.7 Å². The first kappa shape index (κ1) is 15.8. The topological polar surface area (TPSA) is 74.2 Å².